The third kappa shape index (κ3) is 7.63. The molecule has 3 rings (SSSR count). The van der Waals surface area contributed by atoms with Crippen LogP contribution in [-0.4, -0.2) is 37.5 Å². The average molecular weight is 471 g/mol. The molecule has 0 saturated carbocycles. The Morgan fingerprint density at radius 1 is 1.12 bits per heavy atom. The summed E-state index contributed by atoms with van der Waals surface area (Å²) in [5, 5.41) is 9.54. The van der Waals surface area contributed by atoms with Crippen molar-refractivity contribution in [3.63, 3.8) is 0 Å². The summed E-state index contributed by atoms with van der Waals surface area (Å²) in [6.45, 7) is 4.61. The molecule has 7 heteroatoms. The van der Waals surface area contributed by atoms with Crippen LogP contribution >= 0.6 is 0 Å². The zero-order valence-electron chi connectivity index (χ0n) is 19.5. The Morgan fingerprint density at radius 3 is 2.48 bits per heavy atom. The molecule has 1 fully saturated rings. The van der Waals surface area contributed by atoms with E-state index in [1.54, 1.807) is 17.0 Å². The molecular formula is C26H34N2O4S. The summed E-state index contributed by atoms with van der Waals surface area (Å²) < 4.78 is 27.4. The Morgan fingerprint density at radius 2 is 1.82 bits per heavy atom. The van der Waals surface area contributed by atoms with Crippen LogP contribution in [0.25, 0.3) is 6.08 Å². The minimum absolute atomic E-state index is 0.112. The number of phenolic OH excluding ortho intramolecular Hbond substituents is 1. The van der Waals surface area contributed by atoms with Gasteiger partial charge >= 0.3 is 6.03 Å². The molecule has 2 amide bonds. The van der Waals surface area contributed by atoms with Gasteiger partial charge in [-0.2, -0.15) is 0 Å². The lowest BCUT2D eigenvalue weighted by Gasteiger charge is -2.32. The topological polar surface area (TPSA) is 86.7 Å². The predicted molar refractivity (Wildman–Crippen MR) is 132 cm³/mol. The number of piperidine rings is 1. The number of sulfonamides is 1. The van der Waals surface area contributed by atoms with E-state index >= 15 is 0 Å². The molecule has 0 radical (unpaired) electrons. The molecule has 0 aromatic heterocycles. The lowest BCUT2D eigenvalue weighted by atomic mass is 9.91. The molecule has 1 saturated heterocycles. The summed E-state index contributed by atoms with van der Waals surface area (Å²) in [4.78, 5) is 14.3. The summed E-state index contributed by atoms with van der Waals surface area (Å²) in [5.74, 6) is 0.860. The highest BCUT2D eigenvalue weighted by atomic mass is 32.2. The van der Waals surface area contributed by atoms with Gasteiger partial charge in [0.25, 0.3) is 10.0 Å². The van der Waals surface area contributed by atoms with Gasteiger partial charge in [0, 0.05) is 13.1 Å². The molecule has 6 nitrogen and oxygen atoms in total. The number of hydrogen-bond acceptors (Lipinski definition) is 4. The largest absolute Gasteiger partial charge is 0.508 e. The van der Waals surface area contributed by atoms with Crippen LogP contribution in [0, 0.1) is 12.8 Å². The maximum Gasteiger partial charge on any atom is 0.331 e. The third-order valence-corrected chi connectivity index (χ3v) is 7.64. The Bertz CT molecular complexity index is 1070. The van der Waals surface area contributed by atoms with Gasteiger partial charge in [-0.25, -0.2) is 17.9 Å². The summed E-state index contributed by atoms with van der Waals surface area (Å²) >= 11 is 0. The number of rotatable bonds is 8. The lowest BCUT2D eigenvalue weighted by Crippen LogP contribution is -2.46. The van der Waals surface area contributed by atoms with Gasteiger partial charge < -0.3 is 10.0 Å². The molecule has 2 N–H and O–H groups in total. The quantitative estimate of drug-likeness (QED) is 0.518. The van der Waals surface area contributed by atoms with Crippen molar-refractivity contribution in [1.82, 2.24) is 9.62 Å². The molecule has 2 aromatic carbocycles. The Labute approximate surface area is 197 Å². The smallest absolute Gasteiger partial charge is 0.331 e. The third-order valence-electron chi connectivity index (χ3n) is 6.23. The van der Waals surface area contributed by atoms with Gasteiger partial charge in [0.15, 0.2) is 0 Å². The number of urea groups is 1. The number of aromatic hydroxyl groups is 1. The van der Waals surface area contributed by atoms with Gasteiger partial charge in [-0.15, -0.1) is 0 Å². The Hall–Kier alpha value is -2.80. The Balaban J connectivity index is 1.41. The normalized spacial score (nSPS) is 15.5. The number of nitrogens with zero attached hydrogens (tertiary/aromatic N) is 1. The highest BCUT2D eigenvalue weighted by molar-refractivity contribution is 7.94. The van der Waals surface area contributed by atoms with E-state index < -0.39 is 16.1 Å². The number of phenols is 1. The van der Waals surface area contributed by atoms with Gasteiger partial charge in [0.2, 0.25) is 0 Å². The molecule has 1 aliphatic heterocycles. The highest BCUT2D eigenvalue weighted by Gasteiger charge is 2.26. The van der Waals surface area contributed by atoms with Crippen molar-refractivity contribution in [3.05, 3.63) is 70.1 Å². The summed E-state index contributed by atoms with van der Waals surface area (Å²) in [6.07, 6.45) is 7.56. The molecule has 0 atom stereocenters. The second-order valence-electron chi connectivity index (χ2n) is 8.92. The van der Waals surface area contributed by atoms with Crippen LogP contribution in [0.15, 0.2) is 53.4 Å². The molecule has 0 spiro atoms. The van der Waals surface area contributed by atoms with Gasteiger partial charge in [-0.05, 0) is 74.8 Å². The van der Waals surface area contributed by atoms with Crippen LogP contribution in [0.1, 0.15) is 55.7 Å². The monoisotopic (exact) mass is 470 g/mol. The first kappa shape index (κ1) is 24.8. The second kappa shape index (κ2) is 11.4. The van der Waals surface area contributed by atoms with Gasteiger partial charge in [-0.1, -0.05) is 54.8 Å². The van der Waals surface area contributed by atoms with Crippen molar-refractivity contribution in [2.45, 2.75) is 52.4 Å². The van der Waals surface area contributed by atoms with Gasteiger partial charge in [-0.3, -0.25) is 0 Å². The molecule has 2 aromatic rings. The van der Waals surface area contributed by atoms with E-state index in [0.717, 1.165) is 55.2 Å². The lowest BCUT2D eigenvalue weighted by molar-refractivity contribution is 0.172. The summed E-state index contributed by atoms with van der Waals surface area (Å²) in [7, 11) is -3.88. The number of aryl methyl sites for hydroxylation is 2. The van der Waals surface area contributed by atoms with Crippen LogP contribution in [0.4, 0.5) is 4.79 Å². The van der Waals surface area contributed by atoms with Crippen molar-refractivity contribution in [2.24, 2.45) is 5.92 Å². The number of amides is 2. The molecule has 0 bridgehead atoms. The minimum atomic E-state index is -3.88. The van der Waals surface area contributed by atoms with Crippen LogP contribution in [-0.2, 0) is 16.4 Å². The zero-order valence-corrected chi connectivity index (χ0v) is 20.3. The van der Waals surface area contributed by atoms with Crippen LogP contribution in [0.5, 0.6) is 5.75 Å². The van der Waals surface area contributed by atoms with E-state index in [0.29, 0.717) is 24.8 Å². The molecule has 0 unspecified atom stereocenters. The van der Waals surface area contributed by atoms with E-state index in [9.17, 15) is 18.3 Å². The molecule has 0 aliphatic carbocycles. The van der Waals surface area contributed by atoms with Crippen molar-refractivity contribution >= 4 is 22.1 Å². The van der Waals surface area contributed by atoms with Crippen molar-refractivity contribution in [1.29, 1.82) is 0 Å². The molecule has 1 aliphatic rings. The van der Waals surface area contributed by atoms with Crippen molar-refractivity contribution in [2.75, 3.05) is 13.1 Å². The summed E-state index contributed by atoms with van der Waals surface area (Å²) in [6, 6.07) is 14.4. The van der Waals surface area contributed by atoms with Gasteiger partial charge in [0.05, 0.1) is 4.91 Å². The van der Waals surface area contributed by atoms with E-state index in [1.807, 2.05) is 49.4 Å². The van der Waals surface area contributed by atoms with Crippen LogP contribution in [0.2, 0.25) is 0 Å². The van der Waals surface area contributed by atoms with E-state index in [1.165, 1.54) is 6.92 Å². The number of allylic oxidation sites excluding steroid dienone is 1. The number of hydrogen-bond donors (Lipinski definition) is 2. The predicted octanol–water partition coefficient (Wildman–Crippen LogP) is 5.23. The Kier molecular flexibility index (Phi) is 8.55. The zero-order chi connectivity index (χ0) is 23.8. The van der Waals surface area contributed by atoms with E-state index in [-0.39, 0.29) is 4.91 Å². The van der Waals surface area contributed by atoms with Crippen LogP contribution < -0.4 is 4.72 Å². The minimum Gasteiger partial charge on any atom is -0.508 e. The fraction of sp³-hybridized carbons (Fsp3) is 0.423. The maximum atomic E-state index is 12.6. The van der Waals surface area contributed by atoms with Crippen molar-refractivity contribution < 1.29 is 18.3 Å². The number of unbranched alkanes of at least 4 members (excludes halogenated alkanes) is 1. The van der Waals surface area contributed by atoms with E-state index in [2.05, 4.69) is 4.72 Å². The maximum absolute atomic E-state index is 12.6. The molecular weight excluding hydrogens is 436 g/mol. The molecule has 1 heterocycles. The van der Waals surface area contributed by atoms with Gasteiger partial charge in [0.1, 0.15) is 5.75 Å². The SMILES string of the molecule is C/C(=C\c1ccc(C)cc1)S(=O)(=O)NC(=O)N1CCC(CCCCc2cccc(O)c2)CC1. The number of benzene rings is 2. The first-order chi connectivity index (χ1) is 15.7. The number of nitrogens with one attached hydrogen (secondary N) is 1. The number of carbonyl (C=O) groups is 1. The fourth-order valence-corrected chi connectivity index (χ4v) is 4.94. The fourth-order valence-electron chi connectivity index (χ4n) is 4.13. The molecule has 178 valence electrons. The standard InChI is InChI=1S/C26H34N2O4S/c1-20-10-12-24(13-11-20)18-21(2)33(31,32)27-26(30)28-16-14-22(15-17-28)6-3-4-7-23-8-5-9-25(29)19-23/h5,8-13,18-19,22,29H,3-4,6-7,14-17H2,1-2H3,(H,27,30)/b21-18+. The van der Waals surface area contributed by atoms with Crippen molar-refractivity contribution in [3.8, 4) is 5.75 Å². The number of likely N-dealkylation sites (tertiary alicyclic amines) is 1. The molecule has 33 heavy (non-hydrogen) atoms. The first-order valence-electron chi connectivity index (χ1n) is 11.6. The van der Waals surface area contributed by atoms with Crippen LogP contribution in [0.3, 0.4) is 0 Å². The average Bonchev–Trinajstić information content (AvgIpc) is 2.78. The highest BCUT2D eigenvalue weighted by Crippen LogP contribution is 2.24. The summed E-state index contributed by atoms with van der Waals surface area (Å²) in [5.41, 5.74) is 3.02. The first-order valence-corrected chi connectivity index (χ1v) is 13.1. The number of carbonyl (C=O) groups excluding carboxylic acids is 1. The second-order valence-corrected chi connectivity index (χ2v) is 10.8. The van der Waals surface area contributed by atoms with E-state index in [4.69, 9.17) is 0 Å².